The molecule has 0 spiro atoms. The van der Waals surface area contributed by atoms with Gasteiger partial charge in [0.2, 0.25) is 21.8 Å². The average molecular weight is 551 g/mol. The number of anilines is 1. The summed E-state index contributed by atoms with van der Waals surface area (Å²) in [6.07, 6.45) is 6.30. The zero-order valence-electron chi connectivity index (χ0n) is 19.6. The summed E-state index contributed by atoms with van der Waals surface area (Å²) in [7, 11) is -3.71. The van der Waals surface area contributed by atoms with E-state index in [-0.39, 0.29) is 25.0 Å². The molecule has 34 heavy (non-hydrogen) atoms. The quantitative estimate of drug-likeness (QED) is 0.510. The van der Waals surface area contributed by atoms with E-state index in [0.717, 1.165) is 46.3 Å². The van der Waals surface area contributed by atoms with Crippen LogP contribution in [-0.2, 0) is 26.2 Å². The minimum absolute atomic E-state index is 0.116. The van der Waals surface area contributed by atoms with Crippen molar-refractivity contribution in [2.24, 2.45) is 0 Å². The Bertz CT molecular complexity index is 1070. The molecule has 1 aliphatic rings. The lowest BCUT2D eigenvalue weighted by Gasteiger charge is -2.33. The Morgan fingerprint density at radius 1 is 1.03 bits per heavy atom. The maximum absolute atomic E-state index is 13.5. The first-order valence-corrected chi connectivity index (χ1v) is 14.2. The lowest BCUT2D eigenvalue weighted by Crippen LogP contribution is -2.52. The number of nitrogens with zero attached hydrogens (tertiary/aromatic N) is 2. The van der Waals surface area contributed by atoms with E-state index in [1.54, 1.807) is 37.3 Å². The molecule has 1 N–H and O–H groups in total. The number of amides is 2. The molecule has 0 aliphatic heterocycles. The lowest BCUT2D eigenvalue weighted by atomic mass is 9.95. The Morgan fingerprint density at radius 3 is 2.24 bits per heavy atom. The first-order chi connectivity index (χ1) is 16.1. The molecular formula is C25H32BrN3O4S. The number of nitrogens with one attached hydrogen (secondary N) is 1. The van der Waals surface area contributed by atoms with Crippen molar-refractivity contribution in [2.75, 3.05) is 17.1 Å². The summed E-state index contributed by atoms with van der Waals surface area (Å²) < 4.78 is 27.0. The van der Waals surface area contributed by atoms with Crippen LogP contribution in [0.15, 0.2) is 59.1 Å². The van der Waals surface area contributed by atoms with E-state index in [4.69, 9.17) is 0 Å². The predicted molar refractivity (Wildman–Crippen MR) is 138 cm³/mol. The van der Waals surface area contributed by atoms with Gasteiger partial charge >= 0.3 is 0 Å². The third kappa shape index (κ3) is 7.30. The average Bonchev–Trinajstić information content (AvgIpc) is 2.82. The van der Waals surface area contributed by atoms with Crippen molar-refractivity contribution >= 4 is 43.5 Å². The van der Waals surface area contributed by atoms with E-state index in [0.29, 0.717) is 5.69 Å². The summed E-state index contributed by atoms with van der Waals surface area (Å²) in [5.74, 6) is -0.661. The SMILES string of the molecule is CC(C(=O)NC1CCCCC1)N(Cc1ccc(Br)cc1)C(=O)CN(c1ccccc1)S(C)(=O)=O. The van der Waals surface area contributed by atoms with Gasteiger partial charge in [0.1, 0.15) is 12.6 Å². The second-order valence-corrected chi connectivity index (χ2v) is 11.6. The highest BCUT2D eigenvalue weighted by atomic mass is 79.9. The van der Waals surface area contributed by atoms with Crippen molar-refractivity contribution < 1.29 is 18.0 Å². The number of benzene rings is 2. The molecule has 1 fully saturated rings. The van der Waals surface area contributed by atoms with Gasteiger partial charge in [0.05, 0.1) is 11.9 Å². The molecule has 0 bridgehead atoms. The summed E-state index contributed by atoms with van der Waals surface area (Å²) in [5.41, 5.74) is 1.25. The van der Waals surface area contributed by atoms with Gasteiger partial charge in [-0.25, -0.2) is 8.42 Å². The minimum atomic E-state index is -3.71. The van der Waals surface area contributed by atoms with Gasteiger partial charge in [0.25, 0.3) is 0 Å². The van der Waals surface area contributed by atoms with Crippen LogP contribution in [0.3, 0.4) is 0 Å². The summed E-state index contributed by atoms with van der Waals surface area (Å²) in [4.78, 5) is 28.1. The summed E-state index contributed by atoms with van der Waals surface area (Å²) in [5, 5.41) is 3.09. The molecule has 1 unspecified atom stereocenters. The van der Waals surface area contributed by atoms with E-state index in [1.807, 2.05) is 24.3 Å². The van der Waals surface area contributed by atoms with Crippen LogP contribution in [0.1, 0.15) is 44.6 Å². The van der Waals surface area contributed by atoms with Crippen molar-refractivity contribution in [3.8, 4) is 0 Å². The number of carbonyl (C=O) groups is 2. The van der Waals surface area contributed by atoms with Gasteiger partial charge in [0.15, 0.2) is 0 Å². The molecule has 0 aromatic heterocycles. The predicted octanol–water partition coefficient (Wildman–Crippen LogP) is 4.08. The first-order valence-electron chi connectivity index (χ1n) is 11.5. The molecule has 1 saturated carbocycles. The highest BCUT2D eigenvalue weighted by molar-refractivity contribution is 9.10. The van der Waals surface area contributed by atoms with E-state index in [1.165, 1.54) is 11.3 Å². The molecule has 1 aliphatic carbocycles. The minimum Gasteiger partial charge on any atom is -0.352 e. The fourth-order valence-electron chi connectivity index (χ4n) is 4.15. The zero-order valence-corrected chi connectivity index (χ0v) is 22.0. The third-order valence-electron chi connectivity index (χ3n) is 6.11. The molecule has 2 aromatic rings. The molecule has 0 saturated heterocycles. The molecule has 184 valence electrons. The maximum Gasteiger partial charge on any atom is 0.244 e. The molecule has 3 rings (SSSR count). The second kappa shape index (κ2) is 11.8. The number of para-hydroxylation sites is 1. The summed E-state index contributed by atoms with van der Waals surface area (Å²) in [6, 6.07) is 15.4. The third-order valence-corrected chi connectivity index (χ3v) is 7.78. The van der Waals surface area contributed by atoms with Crippen LogP contribution in [-0.4, -0.2) is 50.0 Å². The number of carbonyl (C=O) groups excluding carboxylic acids is 2. The van der Waals surface area contributed by atoms with Gasteiger partial charge in [0, 0.05) is 17.1 Å². The van der Waals surface area contributed by atoms with Gasteiger partial charge in [-0.15, -0.1) is 0 Å². The fraction of sp³-hybridized carbons (Fsp3) is 0.440. The van der Waals surface area contributed by atoms with Crippen molar-refractivity contribution in [3.63, 3.8) is 0 Å². The smallest absolute Gasteiger partial charge is 0.244 e. The highest BCUT2D eigenvalue weighted by Crippen LogP contribution is 2.21. The summed E-state index contributed by atoms with van der Waals surface area (Å²) in [6.45, 7) is 1.50. The van der Waals surface area contributed by atoms with Crippen LogP contribution in [0.25, 0.3) is 0 Å². The fourth-order valence-corrected chi connectivity index (χ4v) is 5.26. The van der Waals surface area contributed by atoms with Crippen LogP contribution in [0, 0.1) is 0 Å². The number of hydrogen-bond acceptors (Lipinski definition) is 4. The van der Waals surface area contributed by atoms with Gasteiger partial charge in [-0.2, -0.15) is 0 Å². The number of rotatable bonds is 9. The Labute approximate surface area is 210 Å². The summed E-state index contributed by atoms with van der Waals surface area (Å²) >= 11 is 3.41. The van der Waals surface area contributed by atoms with E-state index < -0.39 is 22.0 Å². The molecule has 1 atom stereocenters. The standard InChI is InChI=1S/C25H32BrN3O4S/c1-19(25(31)27-22-9-5-3-6-10-22)28(17-20-13-15-21(26)16-14-20)24(30)18-29(34(2,32)33)23-11-7-4-8-12-23/h4,7-8,11-16,19,22H,3,5-6,9-10,17-18H2,1-2H3,(H,27,31). The maximum atomic E-state index is 13.5. The van der Waals surface area contributed by atoms with Crippen LogP contribution in [0.5, 0.6) is 0 Å². The molecule has 0 radical (unpaired) electrons. The zero-order chi connectivity index (χ0) is 24.7. The highest BCUT2D eigenvalue weighted by Gasteiger charge is 2.31. The largest absolute Gasteiger partial charge is 0.352 e. The van der Waals surface area contributed by atoms with Crippen molar-refractivity contribution in [1.29, 1.82) is 0 Å². The lowest BCUT2D eigenvalue weighted by molar-refractivity contribution is -0.139. The molecule has 9 heteroatoms. The van der Waals surface area contributed by atoms with E-state index in [2.05, 4.69) is 21.2 Å². The van der Waals surface area contributed by atoms with Crippen molar-refractivity contribution in [1.82, 2.24) is 10.2 Å². The van der Waals surface area contributed by atoms with Crippen LogP contribution in [0.4, 0.5) is 5.69 Å². The first kappa shape index (κ1) is 26.2. The van der Waals surface area contributed by atoms with E-state index >= 15 is 0 Å². The molecule has 0 heterocycles. The molecule has 2 aromatic carbocycles. The van der Waals surface area contributed by atoms with Crippen LogP contribution in [0.2, 0.25) is 0 Å². The Kier molecular flexibility index (Phi) is 9.13. The topological polar surface area (TPSA) is 86.8 Å². The van der Waals surface area contributed by atoms with Crippen molar-refractivity contribution in [2.45, 2.75) is 57.7 Å². The Balaban J connectivity index is 1.84. The van der Waals surface area contributed by atoms with Gasteiger partial charge in [-0.05, 0) is 49.6 Å². The van der Waals surface area contributed by atoms with Gasteiger partial charge in [-0.3, -0.25) is 13.9 Å². The van der Waals surface area contributed by atoms with Crippen molar-refractivity contribution in [3.05, 3.63) is 64.6 Å². The Morgan fingerprint density at radius 2 is 1.65 bits per heavy atom. The van der Waals surface area contributed by atoms with Crippen LogP contribution < -0.4 is 9.62 Å². The van der Waals surface area contributed by atoms with Gasteiger partial charge in [-0.1, -0.05) is 65.5 Å². The molecular weight excluding hydrogens is 518 g/mol. The number of sulfonamides is 1. The van der Waals surface area contributed by atoms with E-state index in [9.17, 15) is 18.0 Å². The molecule has 7 nitrogen and oxygen atoms in total. The monoisotopic (exact) mass is 549 g/mol. The van der Waals surface area contributed by atoms with Crippen LogP contribution >= 0.6 is 15.9 Å². The van der Waals surface area contributed by atoms with Gasteiger partial charge < -0.3 is 10.2 Å². The number of hydrogen-bond donors (Lipinski definition) is 1. The normalized spacial score (nSPS) is 15.4. The molecule has 2 amide bonds. The second-order valence-electron chi connectivity index (χ2n) is 8.77. The number of halogens is 1. The Hall–Kier alpha value is -2.39.